The van der Waals surface area contributed by atoms with Gasteiger partial charge in [-0.25, -0.2) is 0 Å². The van der Waals surface area contributed by atoms with Gasteiger partial charge in [-0.15, -0.1) is 0 Å². The minimum atomic E-state index is -0.645. The van der Waals surface area contributed by atoms with Gasteiger partial charge >= 0.3 is 0 Å². The standard InChI is InChI=1S/C12H18ClNO3/c1-14-6-9-3-4-12(11(13)5-9)17-8-10(15)7-16-2/h3-5,10,14-15H,6-8H2,1-2H3. The Balaban J connectivity index is 2.54. The molecule has 0 aromatic heterocycles. The van der Waals surface area contributed by atoms with E-state index in [1.807, 2.05) is 19.2 Å². The molecule has 0 bridgehead atoms. The molecule has 17 heavy (non-hydrogen) atoms. The summed E-state index contributed by atoms with van der Waals surface area (Å²) < 4.78 is 10.2. The van der Waals surface area contributed by atoms with Crippen LogP contribution in [0.1, 0.15) is 5.56 Å². The Bertz CT molecular complexity index is 347. The van der Waals surface area contributed by atoms with Crippen molar-refractivity contribution in [3.63, 3.8) is 0 Å². The fourth-order valence-electron chi connectivity index (χ4n) is 1.40. The van der Waals surface area contributed by atoms with E-state index in [4.69, 9.17) is 21.1 Å². The van der Waals surface area contributed by atoms with Crippen molar-refractivity contribution in [3.8, 4) is 5.75 Å². The van der Waals surface area contributed by atoms with E-state index in [1.165, 1.54) is 7.11 Å². The molecule has 0 amide bonds. The van der Waals surface area contributed by atoms with Gasteiger partial charge in [-0.05, 0) is 24.7 Å². The van der Waals surface area contributed by atoms with Gasteiger partial charge in [-0.2, -0.15) is 0 Å². The van der Waals surface area contributed by atoms with Crippen LogP contribution in [0.25, 0.3) is 0 Å². The number of hydrogen-bond acceptors (Lipinski definition) is 4. The first-order valence-corrected chi connectivity index (χ1v) is 5.78. The molecule has 2 N–H and O–H groups in total. The minimum absolute atomic E-state index is 0.166. The van der Waals surface area contributed by atoms with Crippen molar-refractivity contribution in [1.82, 2.24) is 5.32 Å². The third kappa shape index (κ3) is 4.91. The van der Waals surface area contributed by atoms with Crippen LogP contribution in [0.4, 0.5) is 0 Å². The molecule has 5 heteroatoms. The summed E-state index contributed by atoms with van der Waals surface area (Å²) in [7, 11) is 3.40. The lowest BCUT2D eigenvalue weighted by Gasteiger charge is -2.13. The molecule has 0 saturated carbocycles. The summed E-state index contributed by atoms with van der Waals surface area (Å²) in [5.41, 5.74) is 1.09. The van der Waals surface area contributed by atoms with Crippen LogP contribution in [0.2, 0.25) is 5.02 Å². The maximum atomic E-state index is 9.44. The highest BCUT2D eigenvalue weighted by Crippen LogP contribution is 2.25. The van der Waals surface area contributed by atoms with Gasteiger partial charge in [-0.1, -0.05) is 17.7 Å². The average molecular weight is 260 g/mol. The summed E-state index contributed by atoms with van der Waals surface area (Å²) in [6.45, 7) is 1.17. The van der Waals surface area contributed by atoms with Gasteiger partial charge < -0.3 is 19.9 Å². The zero-order chi connectivity index (χ0) is 12.7. The lowest BCUT2D eigenvalue weighted by Crippen LogP contribution is -2.22. The summed E-state index contributed by atoms with van der Waals surface area (Å²) in [4.78, 5) is 0. The molecule has 96 valence electrons. The Hall–Kier alpha value is -0.810. The average Bonchev–Trinajstić information content (AvgIpc) is 2.29. The smallest absolute Gasteiger partial charge is 0.138 e. The highest BCUT2D eigenvalue weighted by Gasteiger charge is 2.07. The van der Waals surface area contributed by atoms with Crippen LogP contribution >= 0.6 is 11.6 Å². The normalized spacial score (nSPS) is 12.5. The summed E-state index contributed by atoms with van der Waals surface area (Å²) >= 11 is 6.06. The van der Waals surface area contributed by atoms with Crippen LogP contribution < -0.4 is 10.1 Å². The molecule has 1 rings (SSSR count). The van der Waals surface area contributed by atoms with Crippen LogP contribution in [0, 0.1) is 0 Å². The van der Waals surface area contributed by atoms with E-state index in [1.54, 1.807) is 6.07 Å². The van der Waals surface area contributed by atoms with Gasteiger partial charge in [0.2, 0.25) is 0 Å². The van der Waals surface area contributed by atoms with Gasteiger partial charge in [0.1, 0.15) is 18.5 Å². The van der Waals surface area contributed by atoms with E-state index in [9.17, 15) is 5.11 Å². The van der Waals surface area contributed by atoms with Crippen molar-refractivity contribution in [3.05, 3.63) is 28.8 Å². The molecule has 0 saturated heterocycles. The second-order valence-electron chi connectivity index (χ2n) is 3.72. The van der Waals surface area contributed by atoms with Gasteiger partial charge in [0.25, 0.3) is 0 Å². The SMILES string of the molecule is CNCc1ccc(OCC(O)COC)c(Cl)c1. The van der Waals surface area contributed by atoms with Gasteiger partial charge in [0, 0.05) is 13.7 Å². The van der Waals surface area contributed by atoms with E-state index in [2.05, 4.69) is 5.32 Å². The number of nitrogens with one attached hydrogen (secondary N) is 1. The van der Waals surface area contributed by atoms with Crippen LogP contribution in [-0.2, 0) is 11.3 Å². The highest BCUT2D eigenvalue weighted by molar-refractivity contribution is 6.32. The fourth-order valence-corrected chi connectivity index (χ4v) is 1.66. The molecule has 1 aromatic carbocycles. The monoisotopic (exact) mass is 259 g/mol. The van der Waals surface area contributed by atoms with E-state index < -0.39 is 6.10 Å². The predicted molar refractivity (Wildman–Crippen MR) is 67.6 cm³/mol. The first-order valence-electron chi connectivity index (χ1n) is 5.40. The van der Waals surface area contributed by atoms with Gasteiger partial charge in [-0.3, -0.25) is 0 Å². The number of ether oxygens (including phenoxy) is 2. The van der Waals surface area contributed by atoms with E-state index in [-0.39, 0.29) is 13.2 Å². The Labute approximate surface area is 106 Å². The molecule has 1 aromatic rings. The third-order valence-corrected chi connectivity index (χ3v) is 2.46. The van der Waals surface area contributed by atoms with Crippen molar-refractivity contribution in [2.75, 3.05) is 27.4 Å². The molecule has 0 heterocycles. The molecular formula is C12H18ClNO3. The van der Waals surface area contributed by atoms with Crippen LogP contribution in [0.3, 0.4) is 0 Å². The Kier molecular flexibility index (Phi) is 6.29. The molecule has 4 nitrogen and oxygen atoms in total. The lowest BCUT2D eigenvalue weighted by molar-refractivity contribution is 0.0326. The molecule has 0 aliphatic rings. The van der Waals surface area contributed by atoms with Gasteiger partial charge in [0.05, 0.1) is 11.6 Å². The lowest BCUT2D eigenvalue weighted by atomic mass is 10.2. The zero-order valence-corrected chi connectivity index (χ0v) is 10.8. The minimum Gasteiger partial charge on any atom is -0.489 e. The predicted octanol–water partition coefficient (Wildman–Crippen LogP) is 1.45. The summed E-state index contributed by atoms with van der Waals surface area (Å²) in [6, 6.07) is 5.57. The Morgan fingerprint density at radius 1 is 1.41 bits per heavy atom. The number of hydrogen-bond donors (Lipinski definition) is 2. The van der Waals surface area contributed by atoms with Crippen molar-refractivity contribution in [1.29, 1.82) is 0 Å². The largest absolute Gasteiger partial charge is 0.489 e. The molecule has 0 aliphatic heterocycles. The maximum Gasteiger partial charge on any atom is 0.138 e. The van der Waals surface area contributed by atoms with Crippen LogP contribution in [0.15, 0.2) is 18.2 Å². The van der Waals surface area contributed by atoms with Crippen molar-refractivity contribution >= 4 is 11.6 Å². The quantitative estimate of drug-likeness (QED) is 0.778. The van der Waals surface area contributed by atoms with Crippen molar-refractivity contribution in [2.24, 2.45) is 0 Å². The molecule has 1 unspecified atom stereocenters. The molecular weight excluding hydrogens is 242 g/mol. The second kappa shape index (κ2) is 7.50. The van der Waals surface area contributed by atoms with Crippen LogP contribution in [0.5, 0.6) is 5.75 Å². The fraction of sp³-hybridized carbons (Fsp3) is 0.500. The Morgan fingerprint density at radius 3 is 2.76 bits per heavy atom. The number of benzene rings is 1. The first kappa shape index (κ1) is 14.3. The summed E-state index contributed by atoms with van der Waals surface area (Å²) in [5.74, 6) is 0.571. The van der Waals surface area contributed by atoms with Gasteiger partial charge in [0.15, 0.2) is 0 Å². The molecule has 0 spiro atoms. The maximum absolute atomic E-state index is 9.44. The number of halogens is 1. The van der Waals surface area contributed by atoms with Crippen molar-refractivity contribution in [2.45, 2.75) is 12.6 Å². The number of rotatable bonds is 7. The topological polar surface area (TPSA) is 50.7 Å². The number of aliphatic hydroxyl groups is 1. The third-order valence-electron chi connectivity index (χ3n) is 2.17. The highest BCUT2D eigenvalue weighted by atomic mass is 35.5. The zero-order valence-electron chi connectivity index (χ0n) is 10.1. The molecule has 0 radical (unpaired) electrons. The molecule has 1 atom stereocenters. The summed E-state index contributed by atoms with van der Waals surface area (Å²) in [6.07, 6.45) is -0.645. The van der Waals surface area contributed by atoms with E-state index in [0.717, 1.165) is 12.1 Å². The van der Waals surface area contributed by atoms with E-state index >= 15 is 0 Å². The van der Waals surface area contributed by atoms with E-state index in [0.29, 0.717) is 10.8 Å². The first-order chi connectivity index (χ1) is 8.17. The Morgan fingerprint density at radius 2 is 2.18 bits per heavy atom. The second-order valence-corrected chi connectivity index (χ2v) is 4.12. The number of aliphatic hydroxyl groups excluding tert-OH is 1. The number of methoxy groups -OCH3 is 1. The molecule has 0 fully saturated rings. The molecule has 0 aliphatic carbocycles. The van der Waals surface area contributed by atoms with Crippen LogP contribution in [-0.4, -0.2) is 38.6 Å². The summed E-state index contributed by atoms with van der Waals surface area (Å²) in [5, 5.41) is 13.0. The van der Waals surface area contributed by atoms with Crippen molar-refractivity contribution < 1.29 is 14.6 Å².